The van der Waals surface area contributed by atoms with Crippen molar-refractivity contribution in [3.05, 3.63) is 34.9 Å². The Morgan fingerprint density at radius 3 is 2.65 bits per heavy atom. The molecule has 1 saturated heterocycles. The Morgan fingerprint density at radius 1 is 1.30 bits per heavy atom. The maximum Gasteiger partial charge on any atom is 0.335 e. The number of carbonyl (C=O) groups excluding carboxylic acids is 1. The molecule has 0 bridgehead atoms. The topological polar surface area (TPSA) is 57.6 Å². The number of nitrogens with zero attached hydrogens (tertiary/aromatic N) is 1. The van der Waals surface area contributed by atoms with E-state index in [9.17, 15) is 9.59 Å². The first-order valence-electron chi connectivity index (χ1n) is 7.15. The number of aromatic carboxylic acids is 1. The van der Waals surface area contributed by atoms with E-state index in [0.29, 0.717) is 11.5 Å². The summed E-state index contributed by atoms with van der Waals surface area (Å²) in [5, 5.41) is 9.08. The van der Waals surface area contributed by atoms with Crippen molar-refractivity contribution >= 4 is 11.9 Å². The van der Waals surface area contributed by atoms with Crippen LogP contribution >= 0.6 is 0 Å². The lowest BCUT2D eigenvalue weighted by Gasteiger charge is -2.32. The van der Waals surface area contributed by atoms with Crippen LogP contribution < -0.4 is 0 Å². The highest BCUT2D eigenvalue weighted by atomic mass is 16.4. The number of rotatable bonds is 3. The van der Waals surface area contributed by atoms with Gasteiger partial charge in [0.05, 0.1) is 5.56 Å². The Kier molecular flexibility index (Phi) is 4.42. The van der Waals surface area contributed by atoms with Crippen molar-refractivity contribution in [2.45, 2.75) is 33.1 Å². The van der Waals surface area contributed by atoms with Crippen molar-refractivity contribution < 1.29 is 14.7 Å². The summed E-state index contributed by atoms with van der Waals surface area (Å²) in [6.45, 7) is 5.51. The Labute approximate surface area is 119 Å². The van der Waals surface area contributed by atoms with Crippen LogP contribution in [0.5, 0.6) is 0 Å². The van der Waals surface area contributed by atoms with Gasteiger partial charge in [-0.05, 0) is 49.4 Å². The highest BCUT2D eigenvalue weighted by molar-refractivity contribution is 5.97. The van der Waals surface area contributed by atoms with Crippen molar-refractivity contribution in [1.29, 1.82) is 0 Å². The summed E-state index contributed by atoms with van der Waals surface area (Å²) < 4.78 is 0. The van der Waals surface area contributed by atoms with Crippen LogP contribution in [-0.4, -0.2) is 35.0 Å². The number of piperidine rings is 1. The first-order chi connectivity index (χ1) is 9.51. The molecule has 2 rings (SSSR count). The molecule has 1 heterocycles. The van der Waals surface area contributed by atoms with Crippen LogP contribution in [0.4, 0.5) is 0 Å². The highest BCUT2D eigenvalue weighted by Crippen LogP contribution is 2.21. The van der Waals surface area contributed by atoms with Crippen LogP contribution in [0.25, 0.3) is 0 Å². The van der Waals surface area contributed by atoms with E-state index in [-0.39, 0.29) is 11.5 Å². The van der Waals surface area contributed by atoms with Crippen LogP contribution in [0.15, 0.2) is 18.2 Å². The van der Waals surface area contributed by atoms with E-state index in [0.717, 1.165) is 31.5 Å². The fourth-order valence-corrected chi connectivity index (χ4v) is 2.80. The molecule has 4 heteroatoms. The maximum atomic E-state index is 12.5. The lowest BCUT2D eigenvalue weighted by Crippen LogP contribution is -2.39. The molecule has 0 saturated carbocycles. The summed E-state index contributed by atoms with van der Waals surface area (Å²) in [4.78, 5) is 25.5. The van der Waals surface area contributed by atoms with Crippen LogP contribution in [0.2, 0.25) is 0 Å². The van der Waals surface area contributed by atoms with Crippen LogP contribution in [0.1, 0.15) is 52.5 Å². The number of hydrogen-bond acceptors (Lipinski definition) is 2. The molecule has 1 N–H and O–H groups in total. The smallest absolute Gasteiger partial charge is 0.335 e. The second kappa shape index (κ2) is 6.07. The molecule has 1 aromatic carbocycles. The Bertz CT molecular complexity index is 524. The van der Waals surface area contributed by atoms with Gasteiger partial charge in [0.2, 0.25) is 0 Å². The zero-order chi connectivity index (χ0) is 14.7. The third kappa shape index (κ3) is 3.18. The number of benzene rings is 1. The van der Waals surface area contributed by atoms with Gasteiger partial charge in [-0.3, -0.25) is 4.79 Å². The molecule has 1 atom stereocenters. The predicted octanol–water partition coefficient (Wildman–Crippen LogP) is 2.96. The first-order valence-corrected chi connectivity index (χ1v) is 7.15. The van der Waals surface area contributed by atoms with Crippen molar-refractivity contribution in [3.8, 4) is 0 Å². The molecule has 1 aliphatic heterocycles. The summed E-state index contributed by atoms with van der Waals surface area (Å²) in [5.41, 5.74) is 1.47. The third-order valence-electron chi connectivity index (χ3n) is 3.95. The number of amides is 1. The molecule has 1 aromatic rings. The third-order valence-corrected chi connectivity index (χ3v) is 3.95. The summed E-state index contributed by atoms with van der Waals surface area (Å²) in [6.07, 6.45) is 3.29. The minimum Gasteiger partial charge on any atom is -0.478 e. The minimum absolute atomic E-state index is 0.0469. The molecule has 1 unspecified atom stereocenters. The quantitative estimate of drug-likeness (QED) is 0.922. The standard InChI is InChI=1S/C16H21NO3/c1-3-12-5-4-6-17(10-12)15(18)13-7-11(2)8-14(9-13)16(19)20/h7-9,12H,3-6,10H2,1-2H3,(H,19,20). The fraction of sp³-hybridized carbons (Fsp3) is 0.500. The molecule has 0 aliphatic carbocycles. The largest absolute Gasteiger partial charge is 0.478 e. The summed E-state index contributed by atoms with van der Waals surface area (Å²) in [7, 11) is 0. The van der Waals surface area contributed by atoms with E-state index in [1.54, 1.807) is 12.1 Å². The zero-order valence-electron chi connectivity index (χ0n) is 12.1. The number of likely N-dealkylation sites (tertiary alicyclic amines) is 1. The van der Waals surface area contributed by atoms with Gasteiger partial charge in [-0.1, -0.05) is 13.3 Å². The van der Waals surface area contributed by atoms with E-state index >= 15 is 0 Å². The van der Waals surface area contributed by atoms with Gasteiger partial charge in [0, 0.05) is 18.7 Å². The van der Waals surface area contributed by atoms with Gasteiger partial charge >= 0.3 is 5.97 Å². The van der Waals surface area contributed by atoms with Crippen molar-refractivity contribution in [1.82, 2.24) is 4.90 Å². The van der Waals surface area contributed by atoms with Gasteiger partial charge in [0.15, 0.2) is 0 Å². The SMILES string of the molecule is CCC1CCCN(C(=O)c2cc(C)cc(C(=O)O)c2)C1. The molecule has 1 aliphatic rings. The average Bonchev–Trinajstić information content (AvgIpc) is 2.45. The second-order valence-corrected chi connectivity index (χ2v) is 5.56. The van der Waals surface area contributed by atoms with E-state index in [4.69, 9.17) is 5.11 Å². The first kappa shape index (κ1) is 14.6. The number of aryl methyl sites for hydroxylation is 1. The van der Waals surface area contributed by atoms with Crippen molar-refractivity contribution in [3.63, 3.8) is 0 Å². The summed E-state index contributed by atoms with van der Waals surface area (Å²) in [6, 6.07) is 4.84. The molecule has 108 valence electrons. The van der Waals surface area contributed by atoms with Gasteiger partial charge in [-0.2, -0.15) is 0 Å². The van der Waals surface area contributed by atoms with Crippen LogP contribution in [0.3, 0.4) is 0 Å². The number of carbonyl (C=O) groups is 2. The minimum atomic E-state index is -0.993. The normalized spacial score (nSPS) is 18.9. The molecule has 4 nitrogen and oxygen atoms in total. The van der Waals surface area contributed by atoms with E-state index in [2.05, 4.69) is 6.92 Å². The van der Waals surface area contributed by atoms with E-state index in [1.165, 1.54) is 12.5 Å². The summed E-state index contributed by atoms with van der Waals surface area (Å²) >= 11 is 0. The number of carboxylic acid groups (broad SMARTS) is 1. The maximum absolute atomic E-state index is 12.5. The Morgan fingerprint density at radius 2 is 2.00 bits per heavy atom. The molecule has 0 aromatic heterocycles. The van der Waals surface area contributed by atoms with Crippen LogP contribution in [0, 0.1) is 12.8 Å². The number of carboxylic acids is 1. The zero-order valence-corrected chi connectivity index (χ0v) is 12.1. The molecule has 1 fully saturated rings. The number of hydrogen-bond donors (Lipinski definition) is 1. The van der Waals surface area contributed by atoms with Gasteiger partial charge in [0.25, 0.3) is 5.91 Å². The highest BCUT2D eigenvalue weighted by Gasteiger charge is 2.24. The summed E-state index contributed by atoms with van der Waals surface area (Å²) in [5.74, 6) is -0.473. The second-order valence-electron chi connectivity index (χ2n) is 5.56. The average molecular weight is 275 g/mol. The Hall–Kier alpha value is -1.84. The molecule has 1 amide bonds. The Balaban J connectivity index is 2.22. The van der Waals surface area contributed by atoms with E-state index in [1.807, 2.05) is 11.8 Å². The lowest BCUT2D eigenvalue weighted by atomic mass is 9.95. The van der Waals surface area contributed by atoms with Gasteiger partial charge in [-0.15, -0.1) is 0 Å². The van der Waals surface area contributed by atoms with E-state index < -0.39 is 5.97 Å². The van der Waals surface area contributed by atoms with Gasteiger partial charge in [0.1, 0.15) is 0 Å². The van der Waals surface area contributed by atoms with Gasteiger partial charge in [-0.25, -0.2) is 4.79 Å². The van der Waals surface area contributed by atoms with Crippen LogP contribution in [-0.2, 0) is 0 Å². The lowest BCUT2D eigenvalue weighted by molar-refractivity contribution is 0.0671. The fourth-order valence-electron chi connectivity index (χ4n) is 2.80. The molecule has 20 heavy (non-hydrogen) atoms. The molecular formula is C16H21NO3. The van der Waals surface area contributed by atoms with Gasteiger partial charge < -0.3 is 10.0 Å². The van der Waals surface area contributed by atoms with Crippen molar-refractivity contribution in [2.75, 3.05) is 13.1 Å². The molecular weight excluding hydrogens is 254 g/mol. The molecule has 0 spiro atoms. The molecule has 0 radical (unpaired) electrons. The monoisotopic (exact) mass is 275 g/mol. The van der Waals surface area contributed by atoms with Crippen molar-refractivity contribution in [2.24, 2.45) is 5.92 Å². The predicted molar refractivity (Wildman–Crippen MR) is 77.1 cm³/mol.